The molecule has 1 aromatic carbocycles. The van der Waals surface area contributed by atoms with E-state index in [0.29, 0.717) is 4.47 Å². The molecule has 0 unspecified atom stereocenters. The third-order valence-electron chi connectivity index (χ3n) is 2.59. The van der Waals surface area contributed by atoms with Gasteiger partial charge in [0.25, 0.3) is 0 Å². The van der Waals surface area contributed by atoms with Gasteiger partial charge >= 0.3 is 0 Å². The summed E-state index contributed by atoms with van der Waals surface area (Å²) >= 11 is 3.18. The van der Waals surface area contributed by atoms with E-state index in [2.05, 4.69) is 15.9 Å². The summed E-state index contributed by atoms with van der Waals surface area (Å²) in [6, 6.07) is 4.65. The maximum absolute atomic E-state index is 13.4. The van der Waals surface area contributed by atoms with E-state index in [9.17, 15) is 9.50 Å². The van der Waals surface area contributed by atoms with E-state index in [-0.39, 0.29) is 11.9 Å². The molecule has 2 nitrogen and oxygen atoms in total. The third-order valence-corrected chi connectivity index (χ3v) is 3.08. The molecule has 2 atom stereocenters. The summed E-state index contributed by atoms with van der Waals surface area (Å²) in [6.07, 6.45) is 1.73. The molecule has 0 heterocycles. The van der Waals surface area contributed by atoms with E-state index in [0.717, 1.165) is 19.3 Å². The van der Waals surface area contributed by atoms with Crippen molar-refractivity contribution in [2.24, 2.45) is 0 Å². The molecule has 15 heavy (non-hydrogen) atoms. The number of hydrogen-bond donors (Lipinski definition) is 1. The molecule has 0 radical (unpaired) electrons. The molecule has 1 aliphatic rings. The Labute approximate surface area is 96.2 Å². The Morgan fingerprint density at radius 2 is 2.20 bits per heavy atom. The maximum Gasteiger partial charge on any atom is 0.166 e. The fourth-order valence-electron chi connectivity index (χ4n) is 1.78. The van der Waals surface area contributed by atoms with E-state index in [1.807, 2.05) is 0 Å². The summed E-state index contributed by atoms with van der Waals surface area (Å²) < 4.78 is 19.5. The van der Waals surface area contributed by atoms with Crippen LogP contribution in [-0.4, -0.2) is 17.3 Å². The van der Waals surface area contributed by atoms with Gasteiger partial charge in [-0.05, 0) is 37.5 Å². The Morgan fingerprint density at radius 1 is 1.40 bits per heavy atom. The number of halogens is 2. The first-order valence-corrected chi connectivity index (χ1v) is 5.76. The summed E-state index contributed by atoms with van der Waals surface area (Å²) in [5.41, 5.74) is 0. The van der Waals surface area contributed by atoms with Crippen molar-refractivity contribution in [2.75, 3.05) is 0 Å². The molecule has 1 fully saturated rings. The fraction of sp³-hybridized carbons (Fsp3) is 0.455. The van der Waals surface area contributed by atoms with Gasteiger partial charge in [-0.2, -0.15) is 0 Å². The monoisotopic (exact) mass is 274 g/mol. The highest BCUT2D eigenvalue weighted by Gasteiger charge is 2.27. The molecule has 0 amide bonds. The molecule has 1 saturated carbocycles. The largest absolute Gasteiger partial charge is 0.485 e. The van der Waals surface area contributed by atoms with Crippen LogP contribution in [0, 0.1) is 5.82 Å². The lowest BCUT2D eigenvalue weighted by atomic mass is 10.2. The molecule has 0 spiro atoms. The Balaban J connectivity index is 2.10. The van der Waals surface area contributed by atoms with Crippen LogP contribution in [0.4, 0.5) is 4.39 Å². The van der Waals surface area contributed by atoms with Crippen LogP contribution in [0.15, 0.2) is 22.7 Å². The predicted octanol–water partition coefficient (Wildman–Crippen LogP) is 2.88. The molecule has 0 bridgehead atoms. The van der Waals surface area contributed by atoms with Crippen LogP contribution in [0.5, 0.6) is 5.75 Å². The van der Waals surface area contributed by atoms with Gasteiger partial charge in [0, 0.05) is 4.47 Å². The number of aliphatic hydroxyl groups is 1. The summed E-state index contributed by atoms with van der Waals surface area (Å²) in [4.78, 5) is 0. The third kappa shape index (κ3) is 2.49. The number of hydrogen-bond acceptors (Lipinski definition) is 2. The molecular weight excluding hydrogens is 263 g/mol. The first-order chi connectivity index (χ1) is 7.16. The minimum absolute atomic E-state index is 0.212. The first-order valence-electron chi connectivity index (χ1n) is 4.96. The van der Waals surface area contributed by atoms with Crippen LogP contribution >= 0.6 is 15.9 Å². The molecule has 0 aromatic heterocycles. The van der Waals surface area contributed by atoms with Crippen molar-refractivity contribution in [1.29, 1.82) is 0 Å². The van der Waals surface area contributed by atoms with Gasteiger partial charge in [0.2, 0.25) is 0 Å². The highest BCUT2D eigenvalue weighted by Crippen LogP contribution is 2.27. The Kier molecular flexibility index (Phi) is 3.26. The van der Waals surface area contributed by atoms with Crippen molar-refractivity contribution in [3.8, 4) is 5.75 Å². The second-order valence-electron chi connectivity index (χ2n) is 3.73. The van der Waals surface area contributed by atoms with Gasteiger partial charge < -0.3 is 9.84 Å². The molecular formula is C11H12BrFO2. The molecule has 1 N–H and O–H groups in total. The van der Waals surface area contributed by atoms with Crippen molar-refractivity contribution in [2.45, 2.75) is 31.5 Å². The minimum atomic E-state index is -0.465. The zero-order valence-electron chi connectivity index (χ0n) is 8.12. The quantitative estimate of drug-likeness (QED) is 0.899. The molecule has 1 aromatic rings. The minimum Gasteiger partial charge on any atom is -0.485 e. The van der Waals surface area contributed by atoms with Crippen molar-refractivity contribution in [1.82, 2.24) is 0 Å². The smallest absolute Gasteiger partial charge is 0.166 e. The predicted molar refractivity (Wildman–Crippen MR) is 58.4 cm³/mol. The van der Waals surface area contributed by atoms with Crippen molar-refractivity contribution in [3.63, 3.8) is 0 Å². The standard InChI is InChI=1S/C11H12BrFO2/c12-7-4-5-10(8(13)6-7)15-11-3-1-2-9(11)14/h4-6,9,11,14H,1-3H2/t9-,11-/m0/s1. The average molecular weight is 275 g/mol. The second-order valence-corrected chi connectivity index (χ2v) is 4.64. The van der Waals surface area contributed by atoms with Crippen LogP contribution in [0.25, 0.3) is 0 Å². The second kappa shape index (κ2) is 4.49. The summed E-state index contributed by atoms with van der Waals surface area (Å²) in [6.45, 7) is 0. The Morgan fingerprint density at radius 3 is 2.80 bits per heavy atom. The lowest BCUT2D eigenvalue weighted by Gasteiger charge is -2.17. The van der Waals surface area contributed by atoms with E-state index < -0.39 is 11.9 Å². The van der Waals surface area contributed by atoms with Crippen LogP contribution in [0.2, 0.25) is 0 Å². The van der Waals surface area contributed by atoms with Gasteiger partial charge in [-0.3, -0.25) is 0 Å². The van der Waals surface area contributed by atoms with Crippen LogP contribution < -0.4 is 4.74 Å². The molecule has 2 rings (SSSR count). The lowest BCUT2D eigenvalue weighted by Crippen LogP contribution is -2.25. The molecule has 4 heteroatoms. The van der Waals surface area contributed by atoms with Gasteiger partial charge in [0.1, 0.15) is 6.10 Å². The van der Waals surface area contributed by atoms with Crippen LogP contribution in [0.3, 0.4) is 0 Å². The summed E-state index contributed by atoms with van der Waals surface area (Å²) in [5, 5.41) is 9.54. The Hall–Kier alpha value is -0.610. The number of rotatable bonds is 2. The van der Waals surface area contributed by atoms with Gasteiger partial charge in [-0.1, -0.05) is 15.9 Å². The van der Waals surface area contributed by atoms with Crippen molar-refractivity contribution >= 4 is 15.9 Å². The first kappa shape index (κ1) is 10.9. The normalized spacial score (nSPS) is 25.5. The van der Waals surface area contributed by atoms with Crippen LogP contribution in [0.1, 0.15) is 19.3 Å². The van der Waals surface area contributed by atoms with Gasteiger partial charge in [0.15, 0.2) is 11.6 Å². The van der Waals surface area contributed by atoms with E-state index in [4.69, 9.17) is 4.74 Å². The average Bonchev–Trinajstić information content (AvgIpc) is 2.57. The fourth-order valence-corrected chi connectivity index (χ4v) is 2.11. The van der Waals surface area contributed by atoms with Crippen LogP contribution in [-0.2, 0) is 0 Å². The van der Waals surface area contributed by atoms with Crippen molar-refractivity contribution in [3.05, 3.63) is 28.5 Å². The van der Waals surface area contributed by atoms with E-state index in [1.54, 1.807) is 12.1 Å². The molecule has 1 aliphatic carbocycles. The van der Waals surface area contributed by atoms with E-state index in [1.165, 1.54) is 6.07 Å². The number of aliphatic hydroxyl groups excluding tert-OH is 1. The van der Waals surface area contributed by atoms with Gasteiger partial charge in [-0.15, -0.1) is 0 Å². The number of ether oxygens (including phenoxy) is 1. The molecule has 82 valence electrons. The summed E-state index contributed by atoms with van der Waals surface area (Å²) in [7, 11) is 0. The van der Waals surface area contributed by atoms with Gasteiger partial charge in [0.05, 0.1) is 6.10 Å². The summed E-state index contributed by atoms with van der Waals surface area (Å²) in [5.74, 6) is -0.187. The highest BCUT2D eigenvalue weighted by atomic mass is 79.9. The van der Waals surface area contributed by atoms with E-state index >= 15 is 0 Å². The zero-order chi connectivity index (χ0) is 10.8. The highest BCUT2D eigenvalue weighted by molar-refractivity contribution is 9.10. The number of benzene rings is 1. The van der Waals surface area contributed by atoms with Crippen molar-refractivity contribution < 1.29 is 14.2 Å². The lowest BCUT2D eigenvalue weighted by molar-refractivity contribution is 0.0578. The van der Waals surface area contributed by atoms with Gasteiger partial charge in [-0.25, -0.2) is 4.39 Å². The Bertz CT molecular complexity index is 356. The SMILES string of the molecule is O[C@H]1CCC[C@@H]1Oc1ccc(Br)cc1F. The maximum atomic E-state index is 13.4. The molecule has 0 aliphatic heterocycles. The topological polar surface area (TPSA) is 29.5 Å². The zero-order valence-corrected chi connectivity index (χ0v) is 9.71. The molecule has 0 saturated heterocycles.